The summed E-state index contributed by atoms with van der Waals surface area (Å²) in [6, 6.07) is 3.42. The van der Waals surface area contributed by atoms with E-state index in [4.69, 9.17) is 15.2 Å². The fourth-order valence-electron chi connectivity index (χ4n) is 1.56. The molecular weight excluding hydrogens is 232 g/mol. The summed E-state index contributed by atoms with van der Waals surface area (Å²) in [5, 5.41) is 0. The van der Waals surface area contributed by atoms with E-state index in [1.807, 2.05) is 13.8 Å². The summed E-state index contributed by atoms with van der Waals surface area (Å²) in [7, 11) is 1.54. The zero-order chi connectivity index (χ0) is 13.8. The Bertz CT molecular complexity index is 430. The molecule has 0 bridgehead atoms. The third-order valence-corrected chi connectivity index (χ3v) is 2.63. The minimum Gasteiger partial charge on any atom is -0.481 e. The van der Waals surface area contributed by atoms with E-state index in [0.29, 0.717) is 30.3 Å². The molecule has 100 valence electrons. The van der Waals surface area contributed by atoms with Crippen molar-refractivity contribution in [3.05, 3.63) is 17.8 Å². The fraction of sp³-hybridized carbons (Fsp3) is 0.538. The molecule has 1 heterocycles. The first kappa shape index (κ1) is 14.3. The van der Waals surface area contributed by atoms with Gasteiger partial charge in [0.05, 0.1) is 30.5 Å². The third kappa shape index (κ3) is 3.35. The van der Waals surface area contributed by atoms with Crippen LogP contribution in [0.25, 0.3) is 0 Å². The Morgan fingerprint density at radius 2 is 2.11 bits per heavy atom. The Morgan fingerprint density at radius 1 is 1.44 bits per heavy atom. The zero-order valence-corrected chi connectivity index (χ0v) is 11.3. The van der Waals surface area contributed by atoms with Gasteiger partial charge in [-0.05, 0) is 26.8 Å². The molecule has 5 heteroatoms. The molecule has 0 aliphatic rings. The maximum atomic E-state index is 11.8. The van der Waals surface area contributed by atoms with Crippen LogP contribution in [0.5, 0.6) is 5.88 Å². The number of hydrogen-bond acceptors (Lipinski definition) is 5. The molecule has 0 saturated carbocycles. The van der Waals surface area contributed by atoms with Crippen molar-refractivity contribution in [2.45, 2.75) is 27.2 Å². The van der Waals surface area contributed by atoms with Crippen molar-refractivity contribution in [3.8, 4) is 5.88 Å². The molecule has 0 saturated heterocycles. The van der Waals surface area contributed by atoms with Gasteiger partial charge in [0.1, 0.15) is 0 Å². The molecule has 18 heavy (non-hydrogen) atoms. The summed E-state index contributed by atoms with van der Waals surface area (Å²) < 4.78 is 10.1. The van der Waals surface area contributed by atoms with Crippen molar-refractivity contribution in [2.75, 3.05) is 19.5 Å². The van der Waals surface area contributed by atoms with Crippen LogP contribution in [0.1, 0.15) is 26.5 Å². The molecule has 1 rings (SSSR count). The molecule has 0 fully saturated rings. The Labute approximate surface area is 107 Å². The predicted molar refractivity (Wildman–Crippen MR) is 69.3 cm³/mol. The van der Waals surface area contributed by atoms with Crippen molar-refractivity contribution < 1.29 is 14.3 Å². The number of carbonyl (C=O) groups is 1. The predicted octanol–water partition coefficient (Wildman–Crippen LogP) is 1.80. The summed E-state index contributed by atoms with van der Waals surface area (Å²) in [5.41, 5.74) is 6.39. The molecule has 0 aliphatic heterocycles. The van der Waals surface area contributed by atoms with Gasteiger partial charge in [-0.2, -0.15) is 0 Å². The number of anilines is 1. The van der Waals surface area contributed by atoms with Crippen LogP contribution in [0, 0.1) is 5.41 Å². The third-order valence-electron chi connectivity index (χ3n) is 2.63. The van der Waals surface area contributed by atoms with Crippen molar-refractivity contribution in [2.24, 2.45) is 5.41 Å². The number of nitrogens with zero attached hydrogens (tertiary/aromatic N) is 1. The number of aromatic nitrogens is 1. The van der Waals surface area contributed by atoms with Crippen LogP contribution in [0.2, 0.25) is 0 Å². The van der Waals surface area contributed by atoms with E-state index in [9.17, 15) is 4.79 Å². The fourth-order valence-corrected chi connectivity index (χ4v) is 1.56. The molecule has 0 aromatic carbocycles. The minimum absolute atomic E-state index is 0.256. The van der Waals surface area contributed by atoms with E-state index in [1.54, 1.807) is 26.2 Å². The highest BCUT2D eigenvalue weighted by Gasteiger charge is 2.30. The summed E-state index contributed by atoms with van der Waals surface area (Å²) in [4.78, 5) is 16.1. The Kier molecular flexibility index (Phi) is 4.53. The smallest absolute Gasteiger partial charge is 0.311 e. The highest BCUT2D eigenvalue weighted by molar-refractivity contribution is 5.76. The van der Waals surface area contributed by atoms with Gasteiger partial charge in [0.2, 0.25) is 5.88 Å². The van der Waals surface area contributed by atoms with Crippen LogP contribution >= 0.6 is 0 Å². The second-order valence-electron chi connectivity index (χ2n) is 4.67. The summed E-state index contributed by atoms with van der Waals surface area (Å²) in [6.07, 6.45) is 0.412. The highest BCUT2D eigenvalue weighted by atomic mass is 16.5. The van der Waals surface area contributed by atoms with Crippen LogP contribution < -0.4 is 10.5 Å². The number of carbonyl (C=O) groups excluding carboxylic acids is 1. The van der Waals surface area contributed by atoms with E-state index in [-0.39, 0.29) is 5.97 Å². The topological polar surface area (TPSA) is 74.4 Å². The first-order valence-corrected chi connectivity index (χ1v) is 5.87. The van der Waals surface area contributed by atoms with Crippen LogP contribution in [-0.4, -0.2) is 24.7 Å². The Hall–Kier alpha value is -1.78. The molecule has 0 aliphatic carbocycles. The number of ether oxygens (including phenoxy) is 2. The zero-order valence-electron chi connectivity index (χ0n) is 11.3. The van der Waals surface area contributed by atoms with Gasteiger partial charge in [-0.15, -0.1) is 0 Å². The van der Waals surface area contributed by atoms with Crippen molar-refractivity contribution in [1.29, 1.82) is 0 Å². The van der Waals surface area contributed by atoms with Gasteiger partial charge in [0.15, 0.2) is 0 Å². The van der Waals surface area contributed by atoms with E-state index in [2.05, 4.69) is 4.98 Å². The molecule has 0 radical (unpaired) electrons. The van der Waals surface area contributed by atoms with Gasteiger partial charge < -0.3 is 15.2 Å². The summed E-state index contributed by atoms with van der Waals surface area (Å²) in [6.45, 7) is 5.77. The number of nitrogen functional groups attached to an aromatic ring is 1. The normalized spacial score (nSPS) is 11.1. The van der Waals surface area contributed by atoms with Crippen LogP contribution in [0.4, 0.5) is 5.69 Å². The lowest BCUT2D eigenvalue weighted by Crippen LogP contribution is -2.29. The lowest BCUT2D eigenvalue weighted by molar-refractivity contribution is -0.153. The Morgan fingerprint density at radius 3 is 2.67 bits per heavy atom. The van der Waals surface area contributed by atoms with E-state index < -0.39 is 5.41 Å². The van der Waals surface area contributed by atoms with Crippen LogP contribution in [0.15, 0.2) is 12.1 Å². The highest BCUT2D eigenvalue weighted by Crippen LogP contribution is 2.26. The number of hydrogen-bond donors (Lipinski definition) is 1. The number of pyridine rings is 1. The quantitative estimate of drug-likeness (QED) is 0.809. The maximum Gasteiger partial charge on any atom is 0.311 e. The summed E-state index contributed by atoms with van der Waals surface area (Å²) in [5.74, 6) is 0.230. The van der Waals surface area contributed by atoms with Gasteiger partial charge in [-0.25, -0.2) is 4.98 Å². The minimum atomic E-state index is -0.663. The molecule has 0 atom stereocenters. The lowest BCUT2D eigenvalue weighted by atomic mass is 9.87. The van der Waals surface area contributed by atoms with Crippen molar-refractivity contribution in [1.82, 2.24) is 4.98 Å². The number of nitrogens with two attached hydrogens (primary N) is 1. The molecule has 2 N–H and O–H groups in total. The van der Waals surface area contributed by atoms with Gasteiger partial charge in [0.25, 0.3) is 0 Å². The monoisotopic (exact) mass is 252 g/mol. The summed E-state index contributed by atoms with van der Waals surface area (Å²) >= 11 is 0. The number of rotatable bonds is 5. The second-order valence-corrected chi connectivity index (χ2v) is 4.67. The molecule has 0 spiro atoms. The molecule has 1 aromatic rings. The number of esters is 1. The van der Waals surface area contributed by atoms with E-state index in [0.717, 1.165) is 0 Å². The largest absolute Gasteiger partial charge is 0.481 e. The van der Waals surface area contributed by atoms with E-state index in [1.165, 1.54) is 0 Å². The van der Waals surface area contributed by atoms with Crippen LogP contribution in [-0.2, 0) is 16.0 Å². The van der Waals surface area contributed by atoms with Crippen molar-refractivity contribution in [3.63, 3.8) is 0 Å². The molecule has 5 nitrogen and oxygen atoms in total. The van der Waals surface area contributed by atoms with E-state index >= 15 is 0 Å². The molecule has 0 unspecified atom stereocenters. The second kappa shape index (κ2) is 5.71. The standard InChI is InChI=1S/C13H20N2O3/c1-5-18-12(16)13(2,3)8-10-9(14)6-7-11(15-10)17-4/h6-7H,5,8,14H2,1-4H3. The van der Waals surface area contributed by atoms with Gasteiger partial charge in [-0.3, -0.25) is 4.79 Å². The molecular formula is C13H20N2O3. The molecule has 0 amide bonds. The van der Waals surface area contributed by atoms with Gasteiger partial charge in [0, 0.05) is 12.5 Å². The van der Waals surface area contributed by atoms with Gasteiger partial charge >= 0.3 is 5.97 Å². The van der Waals surface area contributed by atoms with Crippen molar-refractivity contribution >= 4 is 11.7 Å². The average molecular weight is 252 g/mol. The van der Waals surface area contributed by atoms with Gasteiger partial charge in [-0.1, -0.05) is 0 Å². The average Bonchev–Trinajstić information content (AvgIpc) is 2.32. The first-order chi connectivity index (χ1) is 8.40. The van der Waals surface area contributed by atoms with Crippen LogP contribution in [0.3, 0.4) is 0 Å². The first-order valence-electron chi connectivity index (χ1n) is 5.87. The Balaban J connectivity index is 2.92. The number of methoxy groups -OCH3 is 1. The SMILES string of the molecule is CCOC(=O)C(C)(C)Cc1nc(OC)ccc1N. The lowest BCUT2D eigenvalue weighted by Gasteiger charge is -2.22. The maximum absolute atomic E-state index is 11.8. The molecule has 1 aromatic heterocycles.